The molecular weight excluding hydrogens is 280 g/mol. The lowest BCUT2D eigenvalue weighted by Crippen LogP contribution is -2.30. The molecule has 1 amide bonds. The Bertz CT molecular complexity index is 521. The maximum absolute atomic E-state index is 12.2. The molecule has 20 heavy (non-hydrogen) atoms. The number of carbonyl (C=O) groups is 2. The van der Waals surface area contributed by atoms with Crippen molar-refractivity contribution in [1.82, 2.24) is 4.98 Å². The van der Waals surface area contributed by atoms with Crippen LogP contribution in [0.2, 0.25) is 5.15 Å². The van der Waals surface area contributed by atoms with Crippen molar-refractivity contribution in [2.24, 2.45) is 17.8 Å². The summed E-state index contributed by atoms with van der Waals surface area (Å²) in [6, 6.07) is 4.93. The summed E-state index contributed by atoms with van der Waals surface area (Å²) in [5, 5.41) is 12.2. The average Bonchev–Trinajstić information content (AvgIpc) is 2.83. The summed E-state index contributed by atoms with van der Waals surface area (Å²) in [4.78, 5) is 27.5. The van der Waals surface area contributed by atoms with E-state index < -0.39 is 17.8 Å². The van der Waals surface area contributed by atoms with Crippen LogP contribution in [-0.4, -0.2) is 22.0 Å². The number of carboxylic acids is 1. The lowest BCUT2D eigenvalue weighted by Gasteiger charge is -2.15. The molecule has 5 nitrogen and oxygen atoms in total. The lowest BCUT2D eigenvalue weighted by molar-refractivity contribution is -0.145. The van der Waals surface area contributed by atoms with Crippen LogP contribution in [0.25, 0.3) is 0 Å². The van der Waals surface area contributed by atoms with E-state index in [1.807, 2.05) is 6.92 Å². The number of nitrogens with zero attached hydrogens (tertiary/aromatic N) is 1. The number of pyridine rings is 1. The van der Waals surface area contributed by atoms with Crippen LogP contribution in [0, 0.1) is 17.8 Å². The van der Waals surface area contributed by atoms with Crippen LogP contribution >= 0.6 is 11.6 Å². The highest BCUT2D eigenvalue weighted by Crippen LogP contribution is 2.38. The number of halogens is 1. The molecule has 108 valence electrons. The molecular formula is C14H17ClN2O3. The van der Waals surface area contributed by atoms with Gasteiger partial charge in [0.05, 0.1) is 11.8 Å². The molecule has 2 rings (SSSR count). The number of hydrogen-bond donors (Lipinski definition) is 2. The largest absolute Gasteiger partial charge is 0.481 e. The third-order valence-corrected chi connectivity index (χ3v) is 4.07. The van der Waals surface area contributed by atoms with Crippen molar-refractivity contribution in [3.63, 3.8) is 0 Å². The quantitative estimate of drug-likeness (QED) is 0.837. The number of aliphatic carboxylic acids is 1. The fourth-order valence-electron chi connectivity index (χ4n) is 2.74. The molecule has 1 heterocycles. The fourth-order valence-corrected chi connectivity index (χ4v) is 2.90. The molecule has 3 atom stereocenters. The Morgan fingerprint density at radius 2 is 2.10 bits per heavy atom. The van der Waals surface area contributed by atoms with Gasteiger partial charge < -0.3 is 10.4 Å². The summed E-state index contributed by atoms with van der Waals surface area (Å²) < 4.78 is 0. The van der Waals surface area contributed by atoms with Crippen LogP contribution in [-0.2, 0) is 9.59 Å². The first kappa shape index (κ1) is 14.8. The number of carbonyl (C=O) groups excluding carboxylic acids is 1. The SMILES string of the molecule is CCC1CC(C(=O)O)C(C(=O)Nc2cccc(Cl)n2)C1. The van der Waals surface area contributed by atoms with E-state index in [1.54, 1.807) is 18.2 Å². The summed E-state index contributed by atoms with van der Waals surface area (Å²) in [5.74, 6) is -1.66. The molecule has 1 aromatic rings. The zero-order valence-corrected chi connectivity index (χ0v) is 11.9. The Kier molecular flexibility index (Phi) is 4.60. The second kappa shape index (κ2) is 6.22. The number of hydrogen-bond acceptors (Lipinski definition) is 3. The fraction of sp³-hybridized carbons (Fsp3) is 0.500. The molecule has 0 aromatic carbocycles. The molecule has 0 spiro atoms. The first-order valence-electron chi connectivity index (χ1n) is 6.67. The number of rotatable bonds is 4. The molecule has 1 aliphatic rings. The first-order chi connectivity index (χ1) is 9.51. The molecule has 0 bridgehead atoms. The van der Waals surface area contributed by atoms with Gasteiger partial charge >= 0.3 is 5.97 Å². The molecule has 6 heteroatoms. The molecule has 1 fully saturated rings. The van der Waals surface area contributed by atoms with Crippen molar-refractivity contribution in [1.29, 1.82) is 0 Å². The highest BCUT2D eigenvalue weighted by molar-refractivity contribution is 6.29. The molecule has 3 unspecified atom stereocenters. The van der Waals surface area contributed by atoms with Crippen molar-refractivity contribution < 1.29 is 14.7 Å². The zero-order valence-electron chi connectivity index (χ0n) is 11.2. The standard InChI is InChI=1S/C14H17ClN2O3/c1-2-8-6-9(10(7-8)14(19)20)13(18)17-12-5-3-4-11(15)16-12/h3-5,8-10H,2,6-7H2,1H3,(H,19,20)(H,16,17,18). The third kappa shape index (κ3) is 3.28. The monoisotopic (exact) mass is 296 g/mol. The van der Waals surface area contributed by atoms with Gasteiger partial charge in [-0.25, -0.2) is 4.98 Å². The van der Waals surface area contributed by atoms with E-state index in [0.717, 1.165) is 6.42 Å². The molecule has 1 saturated carbocycles. The van der Waals surface area contributed by atoms with Crippen molar-refractivity contribution in [3.05, 3.63) is 23.4 Å². The van der Waals surface area contributed by atoms with Crippen LogP contribution in [0.4, 0.5) is 5.82 Å². The highest BCUT2D eigenvalue weighted by atomic mass is 35.5. The smallest absolute Gasteiger partial charge is 0.307 e. The van der Waals surface area contributed by atoms with Gasteiger partial charge in [0, 0.05) is 0 Å². The summed E-state index contributed by atoms with van der Waals surface area (Å²) in [5.41, 5.74) is 0. The van der Waals surface area contributed by atoms with Gasteiger partial charge in [0.1, 0.15) is 11.0 Å². The van der Waals surface area contributed by atoms with E-state index in [1.165, 1.54) is 0 Å². The number of anilines is 1. The van der Waals surface area contributed by atoms with E-state index in [-0.39, 0.29) is 11.1 Å². The van der Waals surface area contributed by atoms with Crippen molar-refractivity contribution in [2.75, 3.05) is 5.32 Å². The van der Waals surface area contributed by atoms with Crippen molar-refractivity contribution >= 4 is 29.3 Å². The summed E-state index contributed by atoms with van der Waals surface area (Å²) in [6.07, 6.45) is 2.07. The van der Waals surface area contributed by atoms with Crippen LogP contribution in [0.3, 0.4) is 0 Å². The molecule has 0 saturated heterocycles. The summed E-state index contributed by atoms with van der Waals surface area (Å²) >= 11 is 5.76. The lowest BCUT2D eigenvalue weighted by atomic mass is 9.95. The van der Waals surface area contributed by atoms with Gasteiger partial charge in [0.2, 0.25) is 5.91 Å². The number of carboxylic acid groups (broad SMARTS) is 1. The first-order valence-corrected chi connectivity index (χ1v) is 7.05. The van der Waals surface area contributed by atoms with Crippen LogP contribution in [0.15, 0.2) is 18.2 Å². The van der Waals surface area contributed by atoms with E-state index in [2.05, 4.69) is 10.3 Å². The highest BCUT2D eigenvalue weighted by Gasteiger charge is 2.42. The average molecular weight is 297 g/mol. The molecule has 0 aliphatic heterocycles. The van der Waals surface area contributed by atoms with Crippen LogP contribution < -0.4 is 5.32 Å². The van der Waals surface area contributed by atoms with Gasteiger partial charge in [0.15, 0.2) is 0 Å². The van der Waals surface area contributed by atoms with Gasteiger partial charge in [0.25, 0.3) is 0 Å². The molecule has 1 aliphatic carbocycles. The maximum Gasteiger partial charge on any atom is 0.307 e. The second-order valence-electron chi connectivity index (χ2n) is 5.13. The maximum atomic E-state index is 12.2. The van der Waals surface area contributed by atoms with E-state index in [0.29, 0.717) is 24.6 Å². The second-order valence-corrected chi connectivity index (χ2v) is 5.52. The number of aromatic nitrogens is 1. The van der Waals surface area contributed by atoms with Crippen molar-refractivity contribution in [2.45, 2.75) is 26.2 Å². The number of amides is 1. The normalized spacial score (nSPS) is 25.4. The Morgan fingerprint density at radius 1 is 1.40 bits per heavy atom. The predicted octanol–water partition coefficient (Wildman–Crippen LogP) is 2.81. The summed E-state index contributed by atoms with van der Waals surface area (Å²) in [6.45, 7) is 2.02. The third-order valence-electron chi connectivity index (χ3n) is 3.86. The minimum atomic E-state index is -0.903. The Balaban J connectivity index is 2.09. The van der Waals surface area contributed by atoms with Gasteiger partial charge in [-0.3, -0.25) is 9.59 Å². The van der Waals surface area contributed by atoms with Gasteiger partial charge in [-0.05, 0) is 30.9 Å². The Morgan fingerprint density at radius 3 is 2.70 bits per heavy atom. The van der Waals surface area contributed by atoms with Gasteiger partial charge in [-0.1, -0.05) is 31.0 Å². The summed E-state index contributed by atoms with van der Waals surface area (Å²) in [7, 11) is 0. The minimum absolute atomic E-state index is 0.287. The Hall–Kier alpha value is -1.62. The van der Waals surface area contributed by atoms with E-state index in [9.17, 15) is 14.7 Å². The minimum Gasteiger partial charge on any atom is -0.481 e. The molecule has 0 radical (unpaired) electrons. The zero-order chi connectivity index (χ0) is 14.7. The molecule has 2 N–H and O–H groups in total. The predicted molar refractivity (Wildman–Crippen MR) is 75.5 cm³/mol. The van der Waals surface area contributed by atoms with E-state index in [4.69, 9.17) is 11.6 Å². The van der Waals surface area contributed by atoms with Gasteiger partial charge in [-0.15, -0.1) is 0 Å². The Labute approximate surface area is 122 Å². The molecule has 1 aromatic heterocycles. The number of nitrogens with one attached hydrogen (secondary N) is 1. The topological polar surface area (TPSA) is 79.3 Å². The van der Waals surface area contributed by atoms with Crippen LogP contribution in [0.1, 0.15) is 26.2 Å². The van der Waals surface area contributed by atoms with E-state index >= 15 is 0 Å². The van der Waals surface area contributed by atoms with Gasteiger partial charge in [-0.2, -0.15) is 0 Å². The van der Waals surface area contributed by atoms with Crippen LogP contribution in [0.5, 0.6) is 0 Å². The van der Waals surface area contributed by atoms with Crippen molar-refractivity contribution in [3.8, 4) is 0 Å².